The highest BCUT2D eigenvalue weighted by Gasteiger charge is 2.41. The molecular formula is C17H35N3. The molecule has 0 amide bonds. The first-order valence-electron chi connectivity index (χ1n) is 8.95. The first-order chi connectivity index (χ1) is 9.75. The number of hydrogen-bond donors (Lipinski definition) is 1. The van der Waals surface area contributed by atoms with Crippen LogP contribution in [0.3, 0.4) is 0 Å². The first kappa shape index (κ1) is 16.3. The summed E-state index contributed by atoms with van der Waals surface area (Å²) in [6.07, 6.45) is 10.7. The van der Waals surface area contributed by atoms with E-state index in [0.29, 0.717) is 5.54 Å². The van der Waals surface area contributed by atoms with Gasteiger partial charge in [0.2, 0.25) is 0 Å². The van der Waals surface area contributed by atoms with E-state index < -0.39 is 0 Å². The highest BCUT2D eigenvalue weighted by Crippen LogP contribution is 2.34. The standard InChI is InChI=1S/C17H35N3/c1-3-11-19-13-9-17(15-18,10-14-19)20-12-7-5-6-8-16(20)4-2/h16H,3-15,18H2,1-2H3. The Morgan fingerprint density at radius 2 is 1.80 bits per heavy atom. The molecule has 118 valence electrons. The lowest BCUT2D eigenvalue weighted by Crippen LogP contribution is -2.62. The zero-order valence-corrected chi connectivity index (χ0v) is 13.7. The Morgan fingerprint density at radius 3 is 2.40 bits per heavy atom. The number of hydrogen-bond acceptors (Lipinski definition) is 3. The lowest BCUT2D eigenvalue weighted by Gasteiger charge is -2.51. The summed E-state index contributed by atoms with van der Waals surface area (Å²) in [5, 5.41) is 0. The largest absolute Gasteiger partial charge is 0.329 e. The van der Waals surface area contributed by atoms with Crippen molar-refractivity contribution in [2.24, 2.45) is 5.73 Å². The quantitative estimate of drug-likeness (QED) is 0.841. The molecule has 2 heterocycles. The van der Waals surface area contributed by atoms with E-state index in [0.717, 1.165) is 12.6 Å². The number of rotatable bonds is 5. The maximum Gasteiger partial charge on any atom is 0.0358 e. The van der Waals surface area contributed by atoms with Crippen LogP contribution in [0.1, 0.15) is 65.2 Å². The summed E-state index contributed by atoms with van der Waals surface area (Å²) in [5.41, 5.74) is 6.60. The molecule has 20 heavy (non-hydrogen) atoms. The van der Waals surface area contributed by atoms with Crippen LogP contribution in [-0.4, -0.2) is 54.1 Å². The molecule has 2 aliphatic heterocycles. The second-order valence-corrected chi connectivity index (χ2v) is 6.87. The molecule has 0 bridgehead atoms. The fourth-order valence-corrected chi connectivity index (χ4v) is 4.34. The summed E-state index contributed by atoms with van der Waals surface area (Å²) in [4.78, 5) is 5.47. The number of likely N-dealkylation sites (tertiary alicyclic amines) is 2. The van der Waals surface area contributed by atoms with Crippen LogP contribution in [0.15, 0.2) is 0 Å². The maximum absolute atomic E-state index is 6.30. The van der Waals surface area contributed by atoms with Gasteiger partial charge in [-0.1, -0.05) is 26.7 Å². The van der Waals surface area contributed by atoms with Gasteiger partial charge >= 0.3 is 0 Å². The summed E-state index contributed by atoms with van der Waals surface area (Å²) in [6.45, 7) is 10.5. The topological polar surface area (TPSA) is 32.5 Å². The predicted octanol–water partition coefficient (Wildman–Crippen LogP) is 2.84. The van der Waals surface area contributed by atoms with Gasteiger partial charge in [0.1, 0.15) is 0 Å². The molecule has 3 heteroatoms. The van der Waals surface area contributed by atoms with Crippen molar-refractivity contribution in [2.75, 3.05) is 32.7 Å². The minimum atomic E-state index is 0.301. The van der Waals surface area contributed by atoms with Crippen LogP contribution in [0.4, 0.5) is 0 Å². The van der Waals surface area contributed by atoms with Gasteiger partial charge in [-0.15, -0.1) is 0 Å². The van der Waals surface area contributed by atoms with Crippen LogP contribution < -0.4 is 5.73 Å². The summed E-state index contributed by atoms with van der Waals surface area (Å²) in [7, 11) is 0. The van der Waals surface area contributed by atoms with Crippen molar-refractivity contribution in [3.8, 4) is 0 Å². The molecule has 1 atom stereocenters. The fraction of sp³-hybridized carbons (Fsp3) is 1.00. The zero-order chi connectivity index (χ0) is 14.4. The summed E-state index contributed by atoms with van der Waals surface area (Å²) < 4.78 is 0. The van der Waals surface area contributed by atoms with Crippen molar-refractivity contribution in [1.82, 2.24) is 9.80 Å². The Hall–Kier alpha value is -0.120. The third-order valence-corrected chi connectivity index (χ3v) is 5.66. The molecular weight excluding hydrogens is 246 g/mol. The first-order valence-corrected chi connectivity index (χ1v) is 8.95. The molecule has 0 saturated carbocycles. The summed E-state index contributed by atoms with van der Waals surface area (Å²) in [5.74, 6) is 0. The fourth-order valence-electron chi connectivity index (χ4n) is 4.34. The van der Waals surface area contributed by atoms with Gasteiger partial charge in [-0.25, -0.2) is 0 Å². The van der Waals surface area contributed by atoms with E-state index in [2.05, 4.69) is 23.6 Å². The summed E-state index contributed by atoms with van der Waals surface area (Å²) >= 11 is 0. The normalized spacial score (nSPS) is 29.2. The van der Waals surface area contributed by atoms with Crippen LogP contribution >= 0.6 is 0 Å². The minimum Gasteiger partial charge on any atom is -0.329 e. The van der Waals surface area contributed by atoms with E-state index >= 15 is 0 Å². The van der Waals surface area contributed by atoms with Crippen LogP contribution in [-0.2, 0) is 0 Å². The Labute approximate surface area is 125 Å². The minimum absolute atomic E-state index is 0.301. The third-order valence-electron chi connectivity index (χ3n) is 5.66. The van der Waals surface area contributed by atoms with Gasteiger partial charge in [-0.05, 0) is 64.7 Å². The van der Waals surface area contributed by atoms with Crippen LogP contribution in [0, 0.1) is 0 Å². The van der Waals surface area contributed by atoms with E-state index in [1.54, 1.807) is 0 Å². The predicted molar refractivity (Wildman–Crippen MR) is 87.0 cm³/mol. The molecule has 0 aromatic heterocycles. The number of nitrogens with two attached hydrogens (primary N) is 1. The highest BCUT2D eigenvalue weighted by molar-refractivity contribution is 4.99. The smallest absolute Gasteiger partial charge is 0.0358 e. The van der Waals surface area contributed by atoms with Gasteiger partial charge in [-0.3, -0.25) is 4.90 Å². The number of nitrogens with zero attached hydrogens (tertiary/aromatic N) is 2. The number of piperidine rings is 1. The maximum atomic E-state index is 6.30. The molecule has 2 aliphatic rings. The third kappa shape index (κ3) is 3.55. The molecule has 0 aromatic rings. The molecule has 2 fully saturated rings. The van der Waals surface area contributed by atoms with Crippen molar-refractivity contribution in [2.45, 2.75) is 76.8 Å². The lowest BCUT2D eigenvalue weighted by atomic mass is 9.83. The second kappa shape index (κ2) is 7.77. The van der Waals surface area contributed by atoms with E-state index in [1.807, 2.05) is 0 Å². The van der Waals surface area contributed by atoms with Gasteiger partial charge in [-0.2, -0.15) is 0 Å². The summed E-state index contributed by atoms with van der Waals surface area (Å²) in [6, 6.07) is 0.777. The highest BCUT2D eigenvalue weighted by atomic mass is 15.3. The molecule has 2 N–H and O–H groups in total. The van der Waals surface area contributed by atoms with Gasteiger partial charge in [0.15, 0.2) is 0 Å². The Balaban J connectivity index is 2.05. The Bertz CT molecular complexity index is 271. The van der Waals surface area contributed by atoms with E-state index in [-0.39, 0.29) is 0 Å². The molecule has 0 aliphatic carbocycles. The van der Waals surface area contributed by atoms with Crippen molar-refractivity contribution in [3.05, 3.63) is 0 Å². The Kier molecular flexibility index (Phi) is 6.31. The SMILES string of the molecule is CCCN1CCC(CN)(N2CCCCCC2CC)CC1. The zero-order valence-electron chi connectivity index (χ0n) is 13.7. The molecule has 2 saturated heterocycles. The molecule has 3 nitrogen and oxygen atoms in total. The van der Waals surface area contributed by atoms with E-state index in [1.165, 1.54) is 77.5 Å². The van der Waals surface area contributed by atoms with Gasteiger partial charge in [0.25, 0.3) is 0 Å². The molecule has 1 unspecified atom stereocenters. The van der Waals surface area contributed by atoms with Crippen LogP contribution in [0.2, 0.25) is 0 Å². The molecule has 0 spiro atoms. The van der Waals surface area contributed by atoms with Gasteiger partial charge < -0.3 is 10.6 Å². The van der Waals surface area contributed by atoms with Crippen molar-refractivity contribution in [1.29, 1.82) is 0 Å². The second-order valence-electron chi connectivity index (χ2n) is 6.87. The molecule has 0 aromatic carbocycles. The van der Waals surface area contributed by atoms with E-state index in [4.69, 9.17) is 5.73 Å². The van der Waals surface area contributed by atoms with Crippen molar-refractivity contribution >= 4 is 0 Å². The van der Waals surface area contributed by atoms with E-state index in [9.17, 15) is 0 Å². The van der Waals surface area contributed by atoms with Crippen LogP contribution in [0.5, 0.6) is 0 Å². The average molecular weight is 281 g/mol. The molecule has 0 radical (unpaired) electrons. The lowest BCUT2D eigenvalue weighted by molar-refractivity contribution is -0.00309. The Morgan fingerprint density at radius 1 is 1.05 bits per heavy atom. The molecule has 2 rings (SSSR count). The van der Waals surface area contributed by atoms with Gasteiger partial charge in [0, 0.05) is 18.1 Å². The monoisotopic (exact) mass is 281 g/mol. The van der Waals surface area contributed by atoms with Crippen molar-refractivity contribution < 1.29 is 0 Å². The average Bonchev–Trinajstić information content (AvgIpc) is 2.74. The van der Waals surface area contributed by atoms with Crippen molar-refractivity contribution in [3.63, 3.8) is 0 Å². The van der Waals surface area contributed by atoms with Crippen LogP contribution in [0.25, 0.3) is 0 Å². The van der Waals surface area contributed by atoms with Gasteiger partial charge in [0.05, 0.1) is 0 Å².